The number of halogens is 2. The minimum absolute atomic E-state index is 0. The zero-order valence-corrected chi connectivity index (χ0v) is 11.3. The van der Waals surface area contributed by atoms with Crippen molar-refractivity contribution in [2.24, 2.45) is 0 Å². The fourth-order valence-electron chi connectivity index (χ4n) is 1.55. The quantitative estimate of drug-likeness (QED) is 0.910. The third kappa shape index (κ3) is 3.83. The maximum absolute atomic E-state index is 13.4. The van der Waals surface area contributed by atoms with E-state index in [-0.39, 0.29) is 12.7 Å². The first kappa shape index (κ1) is 16.2. The van der Waals surface area contributed by atoms with E-state index in [1.165, 1.54) is 0 Å². The third-order valence-corrected chi connectivity index (χ3v) is 3.93. The molecule has 2 rings (SSSR count). The highest BCUT2D eigenvalue weighted by Gasteiger charge is 2.18. The van der Waals surface area contributed by atoms with Gasteiger partial charge < -0.3 is 6.15 Å². The Morgan fingerprint density at radius 2 is 1.65 bits per heavy atom. The highest BCUT2D eigenvalue weighted by Crippen LogP contribution is 2.15. The number of benzene rings is 2. The van der Waals surface area contributed by atoms with Crippen molar-refractivity contribution in [3.8, 4) is 0 Å². The van der Waals surface area contributed by atoms with Crippen molar-refractivity contribution < 1.29 is 17.2 Å². The van der Waals surface area contributed by atoms with Crippen molar-refractivity contribution in [1.29, 1.82) is 0 Å². The summed E-state index contributed by atoms with van der Waals surface area (Å²) in [7, 11) is -4.00. The lowest BCUT2D eigenvalue weighted by Gasteiger charge is -2.07. The molecule has 0 heterocycles. The molecule has 2 aromatic rings. The number of rotatable bonds is 4. The number of sulfonamides is 1. The molecule has 0 saturated heterocycles. The van der Waals surface area contributed by atoms with Crippen molar-refractivity contribution in [1.82, 2.24) is 10.9 Å². The molecule has 0 aliphatic rings. The predicted molar refractivity (Wildman–Crippen MR) is 71.8 cm³/mol. The minimum atomic E-state index is -4.00. The van der Waals surface area contributed by atoms with Crippen LogP contribution >= 0.6 is 0 Å². The van der Waals surface area contributed by atoms with Gasteiger partial charge in [-0.15, -0.1) is 0 Å². The summed E-state index contributed by atoms with van der Waals surface area (Å²) in [4.78, 5) is -0.565. The summed E-state index contributed by atoms with van der Waals surface area (Å²) in [6, 6.07) is 11.2. The van der Waals surface area contributed by atoms with Gasteiger partial charge in [-0.05, 0) is 17.7 Å². The zero-order valence-electron chi connectivity index (χ0n) is 10.5. The van der Waals surface area contributed by atoms with Gasteiger partial charge in [0.2, 0.25) is 10.0 Å². The van der Waals surface area contributed by atoms with Crippen LogP contribution < -0.4 is 10.9 Å². The topological polar surface area (TPSA) is 81.2 Å². The van der Waals surface area contributed by atoms with Crippen molar-refractivity contribution in [2.45, 2.75) is 11.4 Å². The normalized spacial score (nSPS) is 10.9. The first-order chi connectivity index (χ1) is 8.99. The Kier molecular flexibility index (Phi) is 5.32. The van der Waals surface area contributed by atoms with Gasteiger partial charge in [-0.2, -0.15) is 0 Å². The maximum atomic E-state index is 13.4. The lowest BCUT2D eigenvalue weighted by atomic mass is 10.2. The van der Waals surface area contributed by atoms with Crippen LogP contribution in [0.15, 0.2) is 53.4 Å². The van der Waals surface area contributed by atoms with Crippen LogP contribution in [0, 0.1) is 11.6 Å². The molecule has 0 saturated carbocycles. The van der Waals surface area contributed by atoms with Gasteiger partial charge in [0.05, 0.1) is 0 Å². The van der Waals surface area contributed by atoms with Crippen LogP contribution in [-0.4, -0.2) is 8.42 Å². The molecule has 0 unspecified atom stereocenters. The van der Waals surface area contributed by atoms with Gasteiger partial charge in [-0.1, -0.05) is 30.3 Å². The first-order valence-electron chi connectivity index (χ1n) is 5.48. The molecular formula is C13H14F2N2O2S. The van der Waals surface area contributed by atoms with Crippen LogP contribution in [0.1, 0.15) is 5.56 Å². The summed E-state index contributed by atoms with van der Waals surface area (Å²) >= 11 is 0. The van der Waals surface area contributed by atoms with Gasteiger partial charge in [0.15, 0.2) is 0 Å². The van der Waals surface area contributed by atoms with Gasteiger partial charge in [-0.3, -0.25) is 0 Å². The fraction of sp³-hybridized carbons (Fsp3) is 0.0769. The largest absolute Gasteiger partial charge is 0.344 e. The Bertz CT molecular complexity index is 676. The van der Waals surface area contributed by atoms with E-state index in [0.717, 1.165) is 17.7 Å². The highest BCUT2D eigenvalue weighted by atomic mass is 32.2. The molecule has 4 N–H and O–H groups in total. The van der Waals surface area contributed by atoms with Crippen LogP contribution in [-0.2, 0) is 16.6 Å². The molecule has 0 aromatic heterocycles. The van der Waals surface area contributed by atoms with Crippen molar-refractivity contribution in [3.63, 3.8) is 0 Å². The molecule has 7 heteroatoms. The predicted octanol–water partition coefficient (Wildman–Crippen LogP) is 2.61. The second-order valence-corrected chi connectivity index (χ2v) is 5.62. The lowest BCUT2D eigenvalue weighted by molar-refractivity contribution is 0.543. The van der Waals surface area contributed by atoms with Gasteiger partial charge in [0.1, 0.15) is 16.5 Å². The van der Waals surface area contributed by atoms with Crippen molar-refractivity contribution in [2.75, 3.05) is 0 Å². The molecule has 0 amide bonds. The Hall–Kier alpha value is -1.83. The van der Waals surface area contributed by atoms with Crippen molar-refractivity contribution >= 4 is 10.0 Å². The molecule has 0 bridgehead atoms. The van der Waals surface area contributed by atoms with E-state index in [2.05, 4.69) is 4.72 Å². The van der Waals surface area contributed by atoms with E-state index < -0.39 is 26.6 Å². The van der Waals surface area contributed by atoms with Crippen LogP contribution in [0.5, 0.6) is 0 Å². The van der Waals surface area contributed by atoms with E-state index in [4.69, 9.17) is 0 Å². The molecule has 0 fully saturated rings. The Morgan fingerprint density at radius 1 is 1.00 bits per heavy atom. The fourth-order valence-corrected chi connectivity index (χ4v) is 2.62. The third-order valence-electron chi connectivity index (χ3n) is 2.49. The van der Waals surface area contributed by atoms with Crippen LogP contribution in [0.25, 0.3) is 0 Å². The van der Waals surface area contributed by atoms with E-state index in [9.17, 15) is 17.2 Å². The lowest BCUT2D eigenvalue weighted by Crippen LogP contribution is -2.24. The van der Waals surface area contributed by atoms with Gasteiger partial charge in [0.25, 0.3) is 0 Å². The number of hydrogen-bond acceptors (Lipinski definition) is 3. The molecule has 0 spiro atoms. The van der Waals surface area contributed by atoms with Crippen LogP contribution in [0.2, 0.25) is 0 Å². The zero-order chi connectivity index (χ0) is 13.9. The monoisotopic (exact) mass is 300 g/mol. The summed E-state index contributed by atoms with van der Waals surface area (Å²) in [6.07, 6.45) is 0. The average molecular weight is 300 g/mol. The smallest absolute Gasteiger partial charge is 0.243 e. The average Bonchev–Trinajstić information content (AvgIpc) is 2.37. The van der Waals surface area contributed by atoms with Crippen molar-refractivity contribution in [3.05, 3.63) is 65.7 Å². The Morgan fingerprint density at radius 3 is 2.25 bits per heavy atom. The number of nitrogens with one attached hydrogen (secondary N) is 1. The molecule has 108 valence electrons. The first-order valence-corrected chi connectivity index (χ1v) is 6.96. The van der Waals surface area contributed by atoms with E-state index in [0.29, 0.717) is 6.07 Å². The molecule has 2 aromatic carbocycles. The standard InChI is InChI=1S/C13H11F2NO2S.H3N/c14-11-6-7-13(12(15)8-11)19(17,18)16-9-10-4-2-1-3-5-10;/h1-8,16H,9H2;1H3. The van der Waals surface area contributed by atoms with Crippen LogP contribution in [0.3, 0.4) is 0 Å². The molecule has 20 heavy (non-hydrogen) atoms. The van der Waals surface area contributed by atoms with E-state index in [1.54, 1.807) is 30.3 Å². The molecule has 0 atom stereocenters. The number of hydrogen-bond donors (Lipinski definition) is 2. The maximum Gasteiger partial charge on any atom is 0.243 e. The summed E-state index contributed by atoms with van der Waals surface area (Å²) in [5.74, 6) is -1.93. The second-order valence-electron chi connectivity index (χ2n) is 3.88. The SMILES string of the molecule is N.O=S(=O)(NCc1ccccc1)c1ccc(F)cc1F. The Balaban J connectivity index is 0.00000200. The molecule has 0 aliphatic heterocycles. The van der Waals surface area contributed by atoms with E-state index >= 15 is 0 Å². The van der Waals surface area contributed by atoms with Crippen LogP contribution in [0.4, 0.5) is 8.78 Å². The van der Waals surface area contributed by atoms with E-state index in [1.807, 2.05) is 0 Å². The van der Waals surface area contributed by atoms with Gasteiger partial charge in [-0.25, -0.2) is 21.9 Å². The summed E-state index contributed by atoms with van der Waals surface area (Å²) in [5.41, 5.74) is 0.744. The summed E-state index contributed by atoms with van der Waals surface area (Å²) in [6.45, 7) is 0.0417. The molecule has 0 radical (unpaired) electrons. The highest BCUT2D eigenvalue weighted by molar-refractivity contribution is 7.89. The molecule has 0 aliphatic carbocycles. The molecular weight excluding hydrogens is 286 g/mol. The minimum Gasteiger partial charge on any atom is -0.344 e. The summed E-state index contributed by atoms with van der Waals surface area (Å²) in [5, 5.41) is 0. The molecule has 4 nitrogen and oxygen atoms in total. The van der Waals surface area contributed by atoms with Gasteiger partial charge >= 0.3 is 0 Å². The van der Waals surface area contributed by atoms with Gasteiger partial charge in [0, 0.05) is 12.6 Å². The second kappa shape index (κ2) is 6.56. The Labute approximate surface area is 116 Å². The summed E-state index contributed by atoms with van der Waals surface area (Å²) < 4.78 is 52.1.